The van der Waals surface area contributed by atoms with Gasteiger partial charge in [0.25, 0.3) is 5.95 Å². The Morgan fingerprint density at radius 3 is 2.62 bits per heavy atom. The Balaban J connectivity index is 2.60. The van der Waals surface area contributed by atoms with Crippen molar-refractivity contribution in [2.75, 3.05) is 5.73 Å². The molecule has 0 amide bonds. The van der Waals surface area contributed by atoms with Crippen molar-refractivity contribution >= 4 is 5.82 Å². The van der Waals surface area contributed by atoms with Gasteiger partial charge >= 0.3 is 0 Å². The predicted octanol–water partition coefficient (Wildman–Crippen LogP) is 0.679. The molecular formula is C10H10N6. The lowest BCUT2D eigenvalue weighted by Crippen LogP contribution is -2.06. The van der Waals surface area contributed by atoms with Gasteiger partial charge in [-0.1, -0.05) is 6.92 Å². The van der Waals surface area contributed by atoms with Crippen LogP contribution in [0.1, 0.15) is 18.2 Å². The van der Waals surface area contributed by atoms with Crippen LogP contribution in [0.5, 0.6) is 0 Å². The quantitative estimate of drug-likeness (QED) is 0.793. The number of nitrogen functional groups attached to an aromatic ring is 1. The lowest BCUT2D eigenvalue weighted by atomic mass is 10.2. The Morgan fingerprint density at radius 2 is 2.12 bits per heavy atom. The van der Waals surface area contributed by atoms with Crippen LogP contribution in [0.2, 0.25) is 0 Å². The molecule has 2 aromatic heterocycles. The van der Waals surface area contributed by atoms with Gasteiger partial charge in [0, 0.05) is 12.4 Å². The zero-order valence-electron chi connectivity index (χ0n) is 8.75. The van der Waals surface area contributed by atoms with Crippen molar-refractivity contribution in [2.24, 2.45) is 0 Å². The third kappa shape index (κ3) is 1.48. The largest absolute Gasteiger partial charge is 0.382 e. The topological polar surface area (TPSA) is 93.4 Å². The molecule has 0 radical (unpaired) electrons. The van der Waals surface area contributed by atoms with Gasteiger partial charge in [0.2, 0.25) is 0 Å². The molecule has 2 N–H and O–H groups in total. The highest BCUT2D eigenvalue weighted by molar-refractivity contribution is 5.54. The molecule has 6 heteroatoms. The highest BCUT2D eigenvalue weighted by Crippen LogP contribution is 2.18. The minimum atomic E-state index is 0.283. The second kappa shape index (κ2) is 3.98. The maximum atomic E-state index is 8.97. The molecule has 2 heterocycles. The summed E-state index contributed by atoms with van der Waals surface area (Å²) >= 11 is 0. The minimum Gasteiger partial charge on any atom is -0.382 e. The van der Waals surface area contributed by atoms with E-state index >= 15 is 0 Å². The third-order valence-electron chi connectivity index (χ3n) is 2.18. The summed E-state index contributed by atoms with van der Waals surface area (Å²) in [5.41, 5.74) is 6.88. The Labute approximate surface area is 92.4 Å². The smallest absolute Gasteiger partial charge is 0.252 e. The van der Waals surface area contributed by atoms with Gasteiger partial charge < -0.3 is 5.73 Å². The molecule has 2 aromatic rings. The molecule has 0 aromatic carbocycles. The normalized spacial score (nSPS) is 10.0. The SMILES string of the molecule is CCc1nn(-c2ncccn2)c(N)c1C#N. The van der Waals surface area contributed by atoms with Crippen molar-refractivity contribution in [1.82, 2.24) is 19.7 Å². The standard InChI is InChI=1S/C10H10N6/c1-2-8-7(6-11)9(12)16(15-8)10-13-4-3-5-14-10/h3-5H,2,12H2,1H3. The van der Waals surface area contributed by atoms with Crippen molar-refractivity contribution in [3.8, 4) is 12.0 Å². The van der Waals surface area contributed by atoms with Crippen molar-refractivity contribution < 1.29 is 0 Å². The molecule has 0 aliphatic heterocycles. The average Bonchev–Trinajstić information content (AvgIpc) is 2.66. The molecular weight excluding hydrogens is 204 g/mol. The molecule has 0 spiro atoms. The minimum absolute atomic E-state index is 0.283. The molecule has 6 nitrogen and oxygen atoms in total. The zero-order valence-corrected chi connectivity index (χ0v) is 8.75. The molecule has 0 fully saturated rings. The average molecular weight is 214 g/mol. The number of rotatable bonds is 2. The molecule has 80 valence electrons. The highest BCUT2D eigenvalue weighted by atomic mass is 15.4. The lowest BCUT2D eigenvalue weighted by molar-refractivity contribution is 0.792. The number of nitriles is 1. The van der Waals surface area contributed by atoms with Crippen LogP contribution >= 0.6 is 0 Å². The van der Waals surface area contributed by atoms with Gasteiger partial charge in [0.05, 0.1) is 5.69 Å². The summed E-state index contributed by atoms with van der Waals surface area (Å²) < 4.78 is 1.39. The van der Waals surface area contributed by atoms with Crippen LogP contribution in [0.3, 0.4) is 0 Å². The predicted molar refractivity (Wildman–Crippen MR) is 57.7 cm³/mol. The molecule has 0 saturated heterocycles. The Kier molecular flexibility index (Phi) is 2.52. The molecule has 0 atom stereocenters. The maximum absolute atomic E-state index is 8.97. The Morgan fingerprint density at radius 1 is 1.44 bits per heavy atom. The monoisotopic (exact) mass is 214 g/mol. The van der Waals surface area contributed by atoms with Crippen LogP contribution in [0.4, 0.5) is 5.82 Å². The van der Waals surface area contributed by atoms with Crippen molar-refractivity contribution in [2.45, 2.75) is 13.3 Å². The van der Waals surface area contributed by atoms with Crippen LogP contribution < -0.4 is 5.73 Å². The first-order valence-corrected chi connectivity index (χ1v) is 4.82. The summed E-state index contributed by atoms with van der Waals surface area (Å²) in [7, 11) is 0. The van der Waals surface area contributed by atoms with Crippen LogP contribution in [0, 0.1) is 11.3 Å². The molecule has 2 rings (SSSR count). The van der Waals surface area contributed by atoms with E-state index in [0.29, 0.717) is 23.6 Å². The van der Waals surface area contributed by atoms with E-state index in [0.717, 1.165) is 0 Å². The fourth-order valence-electron chi connectivity index (χ4n) is 1.40. The molecule has 16 heavy (non-hydrogen) atoms. The van der Waals surface area contributed by atoms with E-state index < -0.39 is 0 Å². The summed E-state index contributed by atoms with van der Waals surface area (Å²) in [6, 6.07) is 3.74. The van der Waals surface area contributed by atoms with Gasteiger partial charge in [-0.15, -0.1) is 0 Å². The van der Waals surface area contributed by atoms with E-state index in [4.69, 9.17) is 11.0 Å². The first-order valence-electron chi connectivity index (χ1n) is 4.82. The highest BCUT2D eigenvalue weighted by Gasteiger charge is 2.15. The molecule has 0 saturated carbocycles. The Hall–Kier alpha value is -2.42. The van der Waals surface area contributed by atoms with E-state index in [9.17, 15) is 0 Å². The van der Waals surface area contributed by atoms with Crippen LogP contribution in [0.15, 0.2) is 18.5 Å². The second-order valence-electron chi connectivity index (χ2n) is 3.13. The van der Waals surface area contributed by atoms with Crippen molar-refractivity contribution in [3.05, 3.63) is 29.7 Å². The second-order valence-corrected chi connectivity index (χ2v) is 3.13. The molecule has 0 bridgehead atoms. The van der Waals surface area contributed by atoms with E-state index in [1.807, 2.05) is 13.0 Å². The van der Waals surface area contributed by atoms with Crippen molar-refractivity contribution in [1.29, 1.82) is 5.26 Å². The van der Waals surface area contributed by atoms with E-state index in [-0.39, 0.29) is 5.82 Å². The van der Waals surface area contributed by atoms with E-state index in [2.05, 4.69) is 15.1 Å². The summed E-state index contributed by atoms with van der Waals surface area (Å²) in [6.07, 6.45) is 3.84. The number of aryl methyl sites for hydroxylation is 1. The van der Waals surface area contributed by atoms with Gasteiger partial charge in [-0.25, -0.2) is 9.97 Å². The number of hydrogen-bond donors (Lipinski definition) is 1. The number of hydrogen-bond acceptors (Lipinski definition) is 5. The first kappa shape index (κ1) is 10.1. The number of aromatic nitrogens is 4. The van der Waals surface area contributed by atoms with Crippen LogP contribution in [-0.2, 0) is 6.42 Å². The fourth-order valence-corrected chi connectivity index (χ4v) is 1.40. The summed E-state index contributed by atoms with van der Waals surface area (Å²) in [6.45, 7) is 1.92. The Bertz CT molecular complexity index is 536. The molecule has 0 unspecified atom stereocenters. The van der Waals surface area contributed by atoms with Gasteiger partial charge in [-0.2, -0.15) is 15.0 Å². The number of nitrogens with two attached hydrogens (primary N) is 1. The van der Waals surface area contributed by atoms with Gasteiger partial charge in [-0.3, -0.25) is 0 Å². The van der Waals surface area contributed by atoms with Crippen molar-refractivity contribution in [3.63, 3.8) is 0 Å². The van der Waals surface area contributed by atoms with E-state index in [1.165, 1.54) is 4.68 Å². The fraction of sp³-hybridized carbons (Fsp3) is 0.200. The first-order chi connectivity index (χ1) is 7.77. The summed E-state index contributed by atoms with van der Waals surface area (Å²) in [4.78, 5) is 8.07. The zero-order chi connectivity index (χ0) is 11.5. The number of nitrogens with zero attached hydrogens (tertiary/aromatic N) is 5. The lowest BCUT2D eigenvalue weighted by Gasteiger charge is -1.99. The number of anilines is 1. The molecule has 0 aliphatic carbocycles. The third-order valence-corrected chi connectivity index (χ3v) is 2.18. The van der Waals surface area contributed by atoms with Crippen LogP contribution in [0.25, 0.3) is 5.95 Å². The molecule has 0 aliphatic rings. The van der Waals surface area contributed by atoms with Gasteiger partial charge in [-0.05, 0) is 12.5 Å². The van der Waals surface area contributed by atoms with Gasteiger partial charge in [0.1, 0.15) is 17.5 Å². The summed E-state index contributed by atoms with van der Waals surface area (Å²) in [5, 5.41) is 13.2. The van der Waals surface area contributed by atoms with Crippen LogP contribution in [-0.4, -0.2) is 19.7 Å². The maximum Gasteiger partial charge on any atom is 0.252 e. The summed E-state index contributed by atoms with van der Waals surface area (Å²) in [5.74, 6) is 0.654. The van der Waals surface area contributed by atoms with E-state index in [1.54, 1.807) is 18.5 Å². The van der Waals surface area contributed by atoms with Gasteiger partial charge in [0.15, 0.2) is 0 Å².